The molecule has 0 aliphatic carbocycles. The Labute approximate surface area is 92.6 Å². The summed E-state index contributed by atoms with van der Waals surface area (Å²) < 4.78 is 25.5. The molecular weight excluding hydrogens is 220 g/mol. The Kier molecular flexibility index (Phi) is 3.22. The lowest BCUT2D eigenvalue weighted by atomic mass is 10.0. The molecule has 1 fully saturated rings. The molecule has 1 aromatic rings. The highest BCUT2D eigenvalue weighted by Crippen LogP contribution is 2.20. The highest BCUT2D eigenvalue weighted by Gasteiger charge is 2.25. The van der Waals surface area contributed by atoms with Gasteiger partial charge in [0.25, 0.3) is 0 Å². The number of likely N-dealkylation sites (tertiary alicyclic amines) is 1. The van der Waals surface area contributed by atoms with E-state index in [9.17, 15) is 8.78 Å². The van der Waals surface area contributed by atoms with E-state index in [1.54, 1.807) is 6.07 Å². The molecule has 1 aliphatic rings. The molecule has 82 valence electrons. The molecule has 0 bridgehead atoms. The lowest BCUT2D eigenvalue weighted by molar-refractivity contribution is 0.107. The zero-order chi connectivity index (χ0) is 10.8. The second-order valence-corrected chi connectivity index (χ2v) is 4.27. The average molecular weight is 232 g/mol. The third-order valence-corrected chi connectivity index (χ3v) is 3.08. The predicted molar refractivity (Wildman–Crippen MR) is 55.8 cm³/mol. The van der Waals surface area contributed by atoms with Gasteiger partial charge in [0, 0.05) is 25.5 Å². The summed E-state index contributed by atoms with van der Waals surface area (Å²) in [5.74, 6) is -0.339. The standard InChI is InChI=1S/C11H12ClF2N/c12-4-9-6-15(7-9)5-8-1-2-10(13)11(14)3-8/h1-3,9H,4-7H2. The minimum absolute atomic E-state index is 0.553. The van der Waals surface area contributed by atoms with Gasteiger partial charge in [0.15, 0.2) is 11.6 Å². The summed E-state index contributed by atoms with van der Waals surface area (Å²) >= 11 is 5.68. The van der Waals surface area contributed by atoms with Crippen LogP contribution in [0.2, 0.25) is 0 Å². The van der Waals surface area contributed by atoms with E-state index in [1.165, 1.54) is 12.1 Å². The molecule has 0 spiro atoms. The fourth-order valence-corrected chi connectivity index (χ4v) is 1.99. The maximum atomic E-state index is 12.9. The molecule has 15 heavy (non-hydrogen) atoms. The van der Waals surface area contributed by atoms with Crippen molar-refractivity contribution in [3.05, 3.63) is 35.4 Å². The van der Waals surface area contributed by atoms with Gasteiger partial charge >= 0.3 is 0 Å². The van der Waals surface area contributed by atoms with Gasteiger partial charge in [-0.1, -0.05) is 6.07 Å². The van der Waals surface area contributed by atoms with Crippen LogP contribution in [-0.2, 0) is 6.54 Å². The molecular formula is C11H12ClF2N. The van der Waals surface area contributed by atoms with Crippen LogP contribution in [0, 0.1) is 17.6 Å². The van der Waals surface area contributed by atoms with E-state index >= 15 is 0 Å². The van der Waals surface area contributed by atoms with E-state index in [0.717, 1.165) is 18.7 Å². The Hall–Kier alpha value is -0.670. The van der Waals surface area contributed by atoms with Gasteiger partial charge in [-0.05, 0) is 23.6 Å². The highest BCUT2D eigenvalue weighted by atomic mass is 35.5. The number of benzene rings is 1. The quantitative estimate of drug-likeness (QED) is 0.723. The smallest absolute Gasteiger partial charge is 0.159 e. The molecule has 0 amide bonds. The summed E-state index contributed by atoms with van der Waals surface area (Å²) in [7, 11) is 0. The third kappa shape index (κ3) is 2.47. The minimum Gasteiger partial charge on any atom is -0.298 e. The number of halogens is 3. The molecule has 0 atom stereocenters. The summed E-state index contributed by atoms with van der Waals surface area (Å²) in [6.45, 7) is 2.57. The molecule has 0 N–H and O–H groups in total. The van der Waals surface area contributed by atoms with Gasteiger partial charge in [-0.3, -0.25) is 4.90 Å². The Balaban J connectivity index is 1.92. The summed E-state index contributed by atoms with van der Waals surface area (Å²) in [5.41, 5.74) is 0.807. The molecule has 0 aromatic heterocycles. The Bertz CT molecular complexity index is 350. The first kappa shape index (κ1) is 10.8. The maximum Gasteiger partial charge on any atom is 0.159 e. The van der Waals surface area contributed by atoms with Crippen LogP contribution in [0.4, 0.5) is 8.78 Å². The van der Waals surface area contributed by atoms with E-state index in [4.69, 9.17) is 11.6 Å². The number of rotatable bonds is 3. The largest absolute Gasteiger partial charge is 0.298 e. The first-order chi connectivity index (χ1) is 7.19. The van der Waals surface area contributed by atoms with Crippen molar-refractivity contribution >= 4 is 11.6 Å². The summed E-state index contributed by atoms with van der Waals surface area (Å²) in [6.07, 6.45) is 0. The molecule has 1 saturated heterocycles. The van der Waals surface area contributed by atoms with Crippen molar-refractivity contribution in [1.82, 2.24) is 4.90 Å². The second-order valence-electron chi connectivity index (χ2n) is 3.96. The topological polar surface area (TPSA) is 3.24 Å². The number of alkyl halides is 1. The third-order valence-electron chi connectivity index (χ3n) is 2.64. The maximum absolute atomic E-state index is 12.9. The van der Waals surface area contributed by atoms with Gasteiger partial charge in [-0.25, -0.2) is 8.78 Å². The van der Waals surface area contributed by atoms with Crippen LogP contribution in [0.1, 0.15) is 5.56 Å². The molecule has 4 heteroatoms. The van der Waals surface area contributed by atoms with Crippen LogP contribution in [0.3, 0.4) is 0 Å². The fraction of sp³-hybridized carbons (Fsp3) is 0.455. The predicted octanol–water partition coefficient (Wildman–Crippen LogP) is 2.64. The van der Waals surface area contributed by atoms with Gasteiger partial charge in [-0.15, -0.1) is 11.6 Å². The van der Waals surface area contributed by atoms with Crippen LogP contribution in [0.15, 0.2) is 18.2 Å². The van der Waals surface area contributed by atoms with Crippen molar-refractivity contribution in [3.8, 4) is 0 Å². The van der Waals surface area contributed by atoms with E-state index in [1.807, 2.05) is 0 Å². The Morgan fingerprint density at radius 3 is 2.60 bits per heavy atom. The van der Waals surface area contributed by atoms with Crippen LogP contribution >= 0.6 is 11.6 Å². The molecule has 2 rings (SSSR count). The highest BCUT2D eigenvalue weighted by molar-refractivity contribution is 6.18. The zero-order valence-electron chi connectivity index (χ0n) is 8.22. The second kappa shape index (κ2) is 4.45. The van der Waals surface area contributed by atoms with Crippen LogP contribution in [0.25, 0.3) is 0 Å². The molecule has 1 aromatic carbocycles. The fourth-order valence-electron chi connectivity index (χ4n) is 1.80. The van der Waals surface area contributed by atoms with E-state index < -0.39 is 11.6 Å². The lowest BCUT2D eigenvalue weighted by Gasteiger charge is -2.38. The van der Waals surface area contributed by atoms with E-state index in [-0.39, 0.29) is 0 Å². The minimum atomic E-state index is -0.791. The molecule has 0 unspecified atom stereocenters. The van der Waals surface area contributed by atoms with Crippen LogP contribution < -0.4 is 0 Å². The van der Waals surface area contributed by atoms with Crippen molar-refractivity contribution in [2.45, 2.75) is 6.54 Å². The first-order valence-corrected chi connectivity index (χ1v) is 5.44. The van der Waals surface area contributed by atoms with Gasteiger partial charge < -0.3 is 0 Å². The van der Waals surface area contributed by atoms with Crippen molar-refractivity contribution in [2.24, 2.45) is 5.92 Å². The van der Waals surface area contributed by atoms with Gasteiger partial charge in [-0.2, -0.15) is 0 Å². The molecule has 1 nitrogen and oxygen atoms in total. The zero-order valence-corrected chi connectivity index (χ0v) is 8.97. The van der Waals surface area contributed by atoms with Crippen molar-refractivity contribution in [1.29, 1.82) is 0 Å². The summed E-state index contributed by atoms with van der Waals surface area (Å²) in [4.78, 5) is 2.17. The average Bonchev–Trinajstić information content (AvgIpc) is 2.16. The van der Waals surface area contributed by atoms with Gasteiger partial charge in [0.2, 0.25) is 0 Å². The molecule has 1 aliphatic heterocycles. The Morgan fingerprint density at radius 1 is 1.27 bits per heavy atom. The SMILES string of the molecule is Fc1ccc(CN2CC(CCl)C2)cc1F. The summed E-state index contributed by atoms with van der Waals surface area (Å²) in [6, 6.07) is 4.04. The summed E-state index contributed by atoms with van der Waals surface area (Å²) in [5, 5.41) is 0. The van der Waals surface area contributed by atoms with Crippen molar-refractivity contribution in [3.63, 3.8) is 0 Å². The van der Waals surface area contributed by atoms with Crippen LogP contribution in [-0.4, -0.2) is 23.9 Å². The number of nitrogens with zero attached hydrogens (tertiary/aromatic N) is 1. The number of hydrogen-bond acceptors (Lipinski definition) is 1. The van der Waals surface area contributed by atoms with Gasteiger partial charge in [0.1, 0.15) is 0 Å². The van der Waals surface area contributed by atoms with E-state index in [2.05, 4.69) is 4.90 Å². The van der Waals surface area contributed by atoms with Crippen LogP contribution in [0.5, 0.6) is 0 Å². The monoisotopic (exact) mass is 231 g/mol. The Morgan fingerprint density at radius 2 is 2.00 bits per heavy atom. The number of hydrogen-bond donors (Lipinski definition) is 0. The van der Waals surface area contributed by atoms with Crippen molar-refractivity contribution < 1.29 is 8.78 Å². The van der Waals surface area contributed by atoms with E-state index in [0.29, 0.717) is 18.3 Å². The molecule has 0 radical (unpaired) electrons. The van der Waals surface area contributed by atoms with Gasteiger partial charge in [0.05, 0.1) is 0 Å². The van der Waals surface area contributed by atoms with Crippen molar-refractivity contribution in [2.75, 3.05) is 19.0 Å². The lowest BCUT2D eigenvalue weighted by Crippen LogP contribution is -2.46. The normalized spacial score (nSPS) is 17.8. The molecule has 0 saturated carbocycles. The first-order valence-electron chi connectivity index (χ1n) is 4.91. The molecule has 1 heterocycles.